The predicted molar refractivity (Wildman–Crippen MR) is 85.6 cm³/mol. The summed E-state index contributed by atoms with van der Waals surface area (Å²) < 4.78 is 5.51. The number of amides is 2. The zero-order valence-corrected chi connectivity index (χ0v) is 13.2. The Kier molecular flexibility index (Phi) is 5.20. The minimum atomic E-state index is -0.193. The highest BCUT2D eigenvalue weighted by atomic mass is 16.3. The van der Waals surface area contributed by atoms with Crippen molar-refractivity contribution < 1.29 is 14.0 Å². The molecule has 0 saturated carbocycles. The van der Waals surface area contributed by atoms with Gasteiger partial charge in [0.2, 0.25) is 11.8 Å². The molecule has 0 bridgehead atoms. The fraction of sp³-hybridized carbons (Fsp3) is 0.412. The first-order valence-corrected chi connectivity index (χ1v) is 7.54. The third-order valence-electron chi connectivity index (χ3n) is 3.38. The van der Waals surface area contributed by atoms with Crippen LogP contribution in [0.5, 0.6) is 0 Å². The van der Waals surface area contributed by atoms with Crippen molar-refractivity contribution in [2.24, 2.45) is 0 Å². The number of hydrogen-bond acceptors (Lipinski definition) is 3. The van der Waals surface area contributed by atoms with Crippen LogP contribution in [0.15, 0.2) is 28.9 Å². The van der Waals surface area contributed by atoms with E-state index in [0.29, 0.717) is 0 Å². The molecule has 0 aliphatic carbocycles. The Balaban J connectivity index is 1.96. The number of furan rings is 1. The summed E-state index contributed by atoms with van der Waals surface area (Å²) >= 11 is 0. The molecule has 1 heterocycles. The molecular weight excluding hydrogens is 280 g/mol. The molecular formula is C17H22N2O3. The fourth-order valence-corrected chi connectivity index (χ4v) is 2.27. The van der Waals surface area contributed by atoms with Crippen molar-refractivity contribution in [3.63, 3.8) is 0 Å². The molecule has 118 valence electrons. The first-order chi connectivity index (χ1) is 10.5. The fourth-order valence-electron chi connectivity index (χ4n) is 2.27. The molecule has 1 aromatic carbocycles. The number of hydrogen-bond donors (Lipinski definition) is 2. The summed E-state index contributed by atoms with van der Waals surface area (Å²) in [5, 5.41) is 6.29. The quantitative estimate of drug-likeness (QED) is 0.859. The number of nitrogens with one attached hydrogen (secondary N) is 2. The zero-order valence-electron chi connectivity index (χ0n) is 13.2. The van der Waals surface area contributed by atoms with Gasteiger partial charge in [0, 0.05) is 17.0 Å². The van der Waals surface area contributed by atoms with Gasteiger partial charge in [-0.1, -0.05) is 19.1 Å². The van der Waals surface area contributed by atoms with Gasteiger partial charge in [-0.2, -0.15) is 0 Å². The lowest BCUT2D eigenvalue weighted by molar-refractivity contribution is -0.126. The maximum Gasteiger partial charge on any atom is 0.239 e. The molecule has 1 aromatic heterocycles. The number of carbonyl (C=O) groups is 2. The van der Waals surface area contributed by atoms with Gasteiger partial charge in [0.15, 0.2) is 0 Å². The van der Waals surface area contributed by atoms with Crippen molar-refractivity contribution in [3.05, 3.63) is 35.6 Å². The van der Waals surface area contributed by atoms with Crippen LogP contribution in [0.1, 0.15) is 31.9 Å². The minimum Gasteiger partial charge on any atom is -0.464 e. The normalized spacial score (nSPS) is 10.9. The Morgan fingerprint density at radius 2 is 2.00 bits per heavy atom. The summed E-state index contributed by atoms with van der Waals surface area (Å²) in [6, 6.07) is 6.07. The predicted octanol–water partition coefficient (Wildman–Crippen LogP) is 2.18. The molecule has 5 nitrogen and oxygen atoms in total. The Morgan fingerprint density at radius 3 is 2.68 bits per heavy atom. The van der Waals surface area contributed by atoms with Gasteiger partial charge >= 0.3 is 0 Å². The molecule has 5 heteroatoms. The van der Waals surface area contributed by atoms with Gasteiger partial charge in [-0.05, 0) is 31.9 Å². The van der Waals surface area contributed by atoms with Crippen LogP contribution in [0.25, 0.3) is 11.0 Å². The summed E-state index contributed by atoms with van der Waals surface area (Å²) in [5.74, 6) is -0.380. The first kappa shape index (κ1) is 16.1. The maximum atomic E-state index is 11.9. The van der Waals surface area contributed by atoms with Crippen molar-refractivity contribution in [2.45, 2.75) is 39.7 Å². The lowest BCUT2D eigenvalue weighted by Gasteiger charge is -2.09. The molecule has 0 radical (unpaired) electrons. The van der Waals surface area contributed by atoms with Gasteiger partial charge < -0.3 is 15.1 Å². The van der Waals surface area contributed by atoms with Gasteiger partial charge in [0.1, 0.15) is 5.58 Å². The Morgan fingerprint density at radius 1 is 1.23 bits per heavy atom. The number of carbonyl (C=O) groups excluding carboxylic acids is 2. The van der Waals surface area contributed by atoms with E-state index in [0.717, 1.165) is 23.0 Å². The van der Waals surface area contributed by atoms with E-state index >= 15 is 0 Å². The van der Waals surface area contributed by atoms with Crippen LogP contribution in [0, 0.1) is 0 Å². The molecule has 0 spiro atoms. The summed E-state index contributed by atoms with van der Waals surface area (Å²) in [6.45, 7) is 5.83. The van der Waals surface area contributed by atoms with Crippen molar-refractivity contribution in [2.75, 3.05) is 6.54 Å². The van der Waals surface area contributed by atoms with Crippen molar-refractivity contribution >= 4 is 22.8 Å². The summed E-state index contributed by atoms with van der Waals surface area (Å²) in [6.07, 6.45) is 2.75. The van der Waals surface area contributed by atoms with Crippen molar-refractivity contribution in [1.29, 1.82) is 0 Å². The van der Waals surface area contributed by atoms with E-state index in [4.69, 9.17) is 4.42 Å². The molecule has 0 unspecified atom stereocenters. The lowest BCUT2D eigenvalue weighted by atomic mass is 10.1. The average molecular weight is 302 g/mol. The van der Waals surface area contributed by atoms with E-state index in [1.807, 2.05) is 32.0 Å². The molecule has 0 fully saturated rings. The molecule has 22 heavy (non-hydrogen) atoms. The number of fused-ring (bicyclic) bond motifs is 1. The number of rotatable bonds is 6. The second kappa shape index (κ2) is 7.11. The monoisotopic (exact) mass is 302 g/mol. The largest absolute Gasteiger partial charge is 0.464 e. The minimum absolute atomic E-state index is 0.00716. The van der Waals surface area contributed by atoms with Crippen LogP contribution < -0.4 is 10.6 Å². The van der Waals surface area contributed by atoms with Crippen molar-refractivity contribution in [1.82, 2.24) is 10.6 Å². The highest BCUT2D eigenvalue weighted by molar-refractivity contribution is 5.90. The highest BCUT2D eigenvalue weighted by Gasteiger charge is 2.12. The molecule has 2 aromatic rings. The van der Waals surface area contributed by atoms with Crippen LogP contribution in [0.4, 0.5) is 0 Å². The van der Waals surface area contributed by atoms with E-state index in [1.54, 1.807) is 6.26 Å². The third-order valence-corrected chi connectivity index (χ3v) is 3.38. The molecule has 2 amide bonds. The van der Waals surface area contributed by atoms with Crippen molar-refractivity contribution in [3.8, 4) is 0 Å². The molecule has 0 atom stereocenters. The highest BCUT2D eigenvalue weighted by Crippen LogP contribution is 2.23. The van der Waals surface area contributed by atoms with E-state index in [9.17, 15) is 9.59 Å². The van der Waals surface area contributed by atoms with E-state index in [1.165, 1.54) is 5.56 Å². The van der Waals surface area contributed by atoms with Gasteiger partial charge in [-0.25, -0.2) is 0 Å². The Hall–Kier alpha value is -2.30. The molecule has 0 saturated heterocycles. The summed E-state index contributed by atoms with van der Waals surface area (Å²) in [7, 11) is 0. The van der Waals surface area contributed by atoms with Gasteiger partial charge in [0.25, 0.3) is 0 Å². The summed E-state index contributed by atoms with van der Waals surface area (Å²) in [4.78, 5) is 23.4. The van der Waals surface area contributed by atoms with Crippen LogP contribution in [0.2, 0.25) is 0 Å². The molecule has 0 aliphatic heterocycles. The Bertz CT molecular complexity index is 674. The summed E-state index contributed by atoms with van der Waals surface area (Å²) in [5.41, 5.74) is 2.82. The van der Waals surface area contributed by atoms with Gasteiger partial charge in [-0.3, -0.25) is 9.59 Å². The van der Waals surface area contributed by atoms with Crippen LogP contribution >= 0.6 is 0 Å². The molecule has 2 rings (SSSR count). The Labute approximate surface area is 130 Å². The van der Waals surface area contributed by atoms with Crippen LogP contribution in [0.3, 0.4) is 0 Å². The van der Waals surface area contributed by atoms with E-state index < -0.39 is 0 Å². The lowest BCUT2D eigenvalue weighted by Crippen LogP contribution is -2.40. The van der Waals surface area contributed by atoms with Crippen LogP contribution in [-0.2, 0) is 22.4 Å². The number of aryl methyl sites for hydroxylation is 1. The SMILES string of the molecule is CCc1ccc2c(CC(=O)NCC(=O)NC(C)C)coc2c1. The topological polar surface area (TPSA) is 71.3 Å². The van der Waals surface area contributed by atoms with Crippen LogP contribution in [-0.4, -0.2) is 24.4 Å². The maximum absolute atomic E-state index is 11.9. The van der Waals surface area contributed by atoms with E-state index in [-0.39, 0.29) is 30.8 Å². The smallest absolute Gasteiger partial charge is 0.239 e. The second-order valence-electron chi connectivity index (χ2n) is 5.62. The molecule has 2 N–H and O–H groups in total. The number of benzene rings is 1. The molecule has 0 aliphatic rings. The third kappa shape index (κ3) is 4.10. The zero-order chi connectivity index (χ0) is 16.1. The first-order valence-electron chi connectivity index (χ1n) is 7.54. The second-order valence-corrected chi connectivity index (χ2v) is 5.62. The van der Waals surface area contributed by atoms with Gasteiger partial charge in [-0.15, -0.1) is 0 Å². The van der Waals surface area contributed by atoms with Gasteiger partial charge in [0.05, 0.1) is 19.2 Å². The average Bonchev–Trinajstić information content (AvgIpc) is 2.86. The standard InChI is InChI=1S/C17H22N2O3/c1-4-12-5-6-14-13(10-22-15(14)7-12)8-16(20)18-9-17(21)19-11(2)3/h5-7,10-11H,4,8-9H2,1-3H3,(H,18,20)(H,19,21). The van der Waals surface area contributed by atoms with E-state index in [2.05, 4.69) is 17.6 Å².